The summed E-state index contributed by atoms with van der Waals surface area (Å²) in [5, 5.41) is 0.371. The molecule has 0 bridgehead atoms. The van der Waals surface area contributed by atoms with Gasteiger partial charge in [0.25, 0.3) is 0 Å². The summed E-state index contributed by atoms with van der Waals surface area (Å²) in [5.74, 6) is 0.174. The fraction of sp³-hybridized carbons (Fsp3) is 0.353. The Hall–Kier alpha value is -2.06. The number of alkyl halides is 3. The van der Waals surface area contributed by atoms with Crippen LogP contribution in [0.2, 0.25) is 0 Å². The highest BCUT2D eigenvalue weighted by molar-refractivity contribution is 7.80. The van der Waals surface area contributed by atoms with Crippen LogP contribution in [-0.2, 0) is 4.74 Å². The van der Waals surface area contributed by atoms with Gasteiger partial charge in [0, 0.05) is 7.11 Å². The van der Waals surface area contributed by atoms with Gasteiger partial charge in [-0.05, 0) is 43.2 Å². The molecule has 25 heavy (non-hydrogen) atoms. The van der Waals surface area contributed by atoms with Crippen molar-refractivity contribution in [1.82, 2.24) is 9.55 Å². The molecule has 4 nitrogen and oxygen atoms in total. The van der Waals surface area contributed by atoms with Gasteiger partial charge in [-0.25, -0.2) is 4.98 Å². The quantitative estimate of drug-likeness (QED) is 0.697. The van der Waals surface area contributed by atoms with E-state index in [1.807, 2.05) is 19.9 Å². The van der Waals surface area contributed by atoms with Gasteiger partial charge in [0.15, 0.2) is 0 Å². The summed E-state index contributed by atoms with van der Waals surface area (Å²) < 4.78 is 48.3. The molecule has 0 aromatic carbocycles. The Balaban J connectivity index is 2.07. The first kappa shape index (κ1) is 16.4. The van der Waals surface area contributed by atoms with E-state index in [9.17, 15) is 13.2 Å². The first-order chi connectivity index (χ1) is 11.7. The number of nitrogens with zero attached hydrogens (tertiary/aromatic N) is 3. The van der Waals surface area contributed by atoms with Gasteiger partial charge in [-0.3, -0.25) is 9.47 Å². The summed E-state index contributed by atoms with van der Waals surface area (Å²) in [6.07, 6.45) is 2.66. The molecule has 0 saturated heterocycles. The van der Waals surface area contributed by atoms with E-state index in [1.165, 1.54) is 17.2 Å². The zero-order chi connectivity index (χ0) is 18.1. The average Bonchev–Trinajstić information content (AvgIpc) is 3.01. The normalized spacial score (nSPS) is 27.8. The number of hydrogen-bond donors (Lipinski definition) is 0. The molecule has 4 rings (SSSR count). The second-order valence-electron chi connectivity index (χ2n) is 6.34. The number of halogens is 3. The Morgan fingerprint density at radius 1 is 1.32 bits per heavy atom. The van der Waals surface area contributed by atoms with Crippen LogP contribution in [0.5, 0.6) is 0 Å². The molecule has 3 aliphatic rings. The molecule has 1 aromatic rings. The lowest BCUT2D eigenvalue weighted by Gasteiger charge is -2.42. The topological polar surface area (TPSA) is 30.3 Å². The van der Waals surface area contributed by atoms with Gasteiger partial charge in [0.1, 0.15) is 22.4 Å². The van der Waals surface area contributed by atoms with Crippen molar-refractivity contribution < 1.29 is 17.9 Å². The minimum absolute atomic E-state index is 0.174. The molecule has 0 N–H and O–H groups in total. The van der Waals surface area contributed by atoms with Crippen LogP contribution >= 0.6 is 12.6 Å². The van der Waals surface area contributed by atoms with E-state index < -0.39 is 17.4 Å². The fourth-order valence-electron chi connectivity index (χ4n) is 4.11. The lowest BCUT2D eigenvalue weighted by Crippen LogP contribution is -2.50. The standard InChI is InChI=1S/C17H15F3N3OS/c1-9-7-16-6-4-5-11(17(18,19)20)23(16)15-21-8-12(25)22(15)14(16)10(2)13(9)24-3/h4-8,13H,1-3H3. The van der Waals surface area contributed by atoms with Crippen molar-refractivity contribution in [1.29, 1.82) is 0 Å². The number of fused-ring (bicyclic) bond motifs is 3. The third-order valence-corrected chi connectivity index (χ3v) is 5.17. The first-order valence-electron chi connectivity index (χ1n) is 7.68. The fourth-order valence-corrected chi connectivity index (χ4v) is 4.34. The van der Waals surface area contributed by atoms with Gasteiger partial charge in [0.05, 0.1) is 11.9 Å². The summed E-state index contributed by atoms with van der Waals surface area (Å²) in [6, 6.07) is 0. The second kappa shape index (κ2) is 4.98. The maximum Gasteiger partial charge on any atom is 0.431 e. The first-order valence-corrected chi connectivity index (χ1v) is 8.08. The average molecular weight is 366 g/mol. The van der Waals surface area contributed by atoms with E-state index in [0.29, 0.717) is 10.7 Å². The smallest absolute Gasteiger partial charge is 0.373 e. The number of aromatic nitrogens is 2. The predicted molar refractivity (Wildman–Crippen MR) is 90.0 cm³/mol. The Kier molecular flexibility index (Phi) is 3.27. The summed E-state index contributed by atoms with van der Waals surface area (Å²) in [5.41, 5.74) is 0.468. The highest BCUT2D eigenvalue weighted by atomic mass is 32.1. The second-order valence-corrected chi connectivity index (χ2v) is 6.76. The molecular weight excluding hydrogens is 351 g/mol. The van der Waals surface area contributed by atoms with Crippen LogP contribution in [0.1, 0.15) is 13.8 Å². The molecule has 2 atom stereocenters. The molecule has 0 fully saturated rings. The van der Waals surface area contributed by atoms with E-state index >= 15 is 0 Å². The number of methoxy groups -OCH3 is 1. The number of allylic oxidation sites excluding steroid dienone is 3. The number of ether oxygens (including phenoxy) is 1. The molecule has 1 radical (unpaired) electrons. The number of hydrogen-bond acceptors (Lipinski definition) is 3. The summed E-state index contributed by atoms with van der Waals surface area (Å²) >= 11 is 5.34. The molecule has 0 amide bonds. The lowest BCUT2D eigenvalue weighted by atomic mass is 9.79. The molecule has 1 spiro atoms. The number of imidazole rings is 1. The molecule has 131 valence electrons. The van der Waals surface area contributed by atoms with Gasteiger partial charge in [-0.15, -0.1) is 0 Å². The van der Waals surface area contributed by atoms with Crippen molar-refractivity contribution in [2.75, 3.05) is 12.0 Å². The van der Waals surface area contributed by atoms with Crippen LogP contribution in [0.15, 0.2) is 52.4 Å². The van der Waals surface area contributed by atoms with E-state index in [-0.39, 0.29) is 12.1 Å². The zero-order valence-electron chi connectivity index (χ0n) is 13.8. The molecule has 2 aliphatic heterocycles. The Labute approximate surface area is 148 Å². The predicted octanol–water partition coefficient (Wildman–Crippen LogP) is 4.22. The van der Waals surface area contributed by atoms with E-state index in [1.54, 1.807) is 17.8 Å². The van der Waals surface area contributed by atoms with Gasteiger partial charge < -0.3 is 4.74 Å². The molecule has 1 aromatic heterocycles. The highest BCUT2D eigenvalue weighted by Gasteiger charge is 2.57. The van der Waals surface area contributed by atoms with Crippen LogP contribution < -0.4 is 4.90 Å². The Bertz CT molecular complexity index is 893. The Morgan fingerprint density at radius 2 is 2.04 bits per heavy atom. The molecule has 2 unspecified atom stereocenters. The zero-order valence-corrected chi connectivity index (χ0v) is 14.6. The SMILES string of the molecule is COC1C(C)=CC23C=CC=C(C(F)(F)F)N2c2ncc([S])n2C3=C1C. The maximum atomic E-state index is 13.7. The number of anilines is 1. The van der Waals surface area contributed by atoms with Crippen molar-refractivity contribution in [3.63, 3.8) is 0 Å². The van der Waals surface area contributed by atoms with Gasteiger partial charge in [-0.2, -0.15) is 13.2 Å². The van der Waals surface area contributed by atoms with E-state index in [2.05, 4.69) is 4.98 Å². The van der Waals surface area contributed by atoms with Crippen molar-refractivity contribution in [2.24, 2.45) is 0 Å². The van der Waals surface area contributed by atoms with Gasteiger partial charge in [-0.1, -0.05) is 18.7 Å². The Morgan fingerprint density at radius 3 is 2.68 bits per heavy atom. The van der Waals surface area contributed by atoms with Crippen LogP contribution in [0.4, 0.5) is 19.1 Å². The molecule has 8 heteroatoms. The number of rotatable bonds is 1. The van der Waals surface area contributed by atoms with Crippen LogP contribution in [0, 0.1) is 0 Å². The largest absolute Gasteiger partial charge is 0.431 e. The van der Waals surface area contributed by atoms with Crippen molar-refractivity contribution in [2.45, 2.75) is 36.7 Å². The van der Waals surface area contributed by atoms with E-state index in [4.69, 9.17) is 17.4 Å². The summed E-state index contributed by atoms with van der Waals surface area (Å²) in [4.78, 5) is 5.40. The molecular formula is C17H15F3N3OS. The van der Waals surface area contributed by atoms with Crippen LogP contribution in [0.3, 0.4) is 0 Å². The van der Waals surface area contributed by atoms with Gasteiger partial charge >= 0.3 is 6.18 Å². The monoisotopic (exact) mass is 366 g/mol. The van der Waals surface area contributed by atoms with Crippen molar-refractivity contribution in [3.8, 4) is 0 Å². The minimum Gasteiger partial charge on any atom is -0.373 e. The van der Waals surface area contributed by atoms with Crippen LogP contribution in [0.25, 0.3) is 5.70 Å². The third-order valence-electron chi connectivity index (χ3n) is 4.88. The highest BCUT2D eigenvalue weighted by Crippen LogP contribution is 2.54. The van der Waals surface area contributed by atoms with Crippen molar-refractivity contribution >= 4 is 24.3 Å². The van der Waals surface area contributed by atoms with Crippen LogP contribution in [-0.4, -0.2) is 34.5 Å². The maximum absolute atomic E-state index is 13.7. The van der Waals surface area contributed by atoms with Crippen molar-refractivity contribution in [3.05, 3.63) is 47.3 Å². The molecule has 0 saturated carbocycles. The summed E-state index contributed by atoms with van der Waals surface area (Å²) in [6.45, 7) is 3.72. The molecule has 1 aliphatic carbocycles. The lowest BCUT2D eigenvalue weighted by molar-refractivity contribution is -0.0941. The minimum atomic E-state index is -4.51. The van der Waals surface area contributed by atoms with Gasteiger partial charge in [0.2, 0.25) is 5.95 Å². The molecule has 3 heterocycles. The summed E-state index contributed by atoms with van der Waals surface area (Å²) in [7, 11) is 1.58. The van der Waals surface area contributed by atoms with E-state index in [0.717, 1.165) is 17.2 Å². The third kappa shape index (κ3) is 1.95.